The van der Waals surface area contributed by atoms with Gasteiger partial charge in [0.05, 0.1) is 35.2 Å². The molecule has 0 radical (unpaired) electrons. The van der Waals surface area contributed by atoms with Crippen molar-refractivity contribution in [3.05, 3.63) is 64.4 Å². The number of aromatic nitrogens is 3. The molecule has 0 spiro atoms. The molecule has 35 heavy (non-hydrogen) atoms. The summed E-state index contributed by atoms with van der Waals surface area (Å²) >= 11 is 7.47. The van der Waals surface area contributed by atoms with Crippen molar-refractivity contribution < 1.29 is 14.3 Å². The lowest BCUT2D eigenvalue weighted by Crippen LogP contribution is -2.31. The molecule has 3 rings (SSSR count). The van der Waals surface area contributed by atoms with E-state index in [1.165, 1.54) is 11.8 Å². The topological polar surface area (TPSA) is 98.1 Å². The van der Waals surface area contributed by atoms with E-state index in [0.717, 1.165) is 5.56 Å². The largest absolute Gasteiger partial charge is 0.495 e. The molecule has 1 aromatic heterocycles. The third kappa shape index (κ3) is 6.99. The van der Waals surface area contributed by atoms with Crippen LogP contribution in [-0.2, 0) is 11.8 Å². The molecule has 0 saturated heterocycles. The lowest BCUT2D eigenvalue weighted by molar-refractivity contribution is -0.113. The maximum absolute atomic E-state index is 12.9. The van der Waals surface area contributed by atoms with Gasteiger partial charge in [0, 0.05) is 7.05 Å². The molecular formula is C25H30ClN5O3S. The number of methoxy groups -OCH3 is 1. The van der Waals surface area contributed by atoms with Gasteiger partial charge in [-0.2, -0.15) is 0 Å². The van der Waals surface area contributed by atoms with Crippen molar-refractivity contribution in [2.75, 3.05) is 18.2 Å². The summed E-state index contributed by atoms with van der Waals surface area (Å²) in [6.45, 7) is 6.10. The standard InChI is InChI=1S/C25H30ClN5O3S/c1-15(2)12-20(28-24(33)17-8-6-7-9-18(17)26)23-29-30-25(31(23)4)35-14-22(32)27-19-13-16(3)10-11-21(19)34-5/h6-11,13,15,20H,12,14H2,1-5H3,(H,27,32)(H,28,33)/t20-/m0/s1. The number of hydrogen-bond acceptors (Lipinski definition) is 6. The fourth-order valence-corrected chi connectivity index (χ4v) is 4.51. The Balaban J connectivity index is 1.70. The van der Waals surface area contributed by atoms with Crippen molar-refractivity contribution in [2.45, 2.75) is 38.4 Å². The van der Waals surface area contributed by atoms with Crippen molar-refractivity contribution >= 4 is 40.9 Å². The minimum atomic E-state index is -0.365. The van der Waals surface area contributed by atoms with Crippen molar-refractivity contribution in [1.82, 2.24) is 20.1 Å². The smallest absolute Gasteiger partial charge is 0.253 e. The second kappa shape index (κ2) is 12.1. The van der Waals surface area contributed by atoms with Crippen molar-refractivity contribution in [1.29, 1.82) is 0 Å². The molecule has 0 fully saturated rings. The molecule has 2 aromatic carbocycles. The molecule has 3 aromatic rings. The first-order chi connectivity index (χ1) is 16.7. The highest BCUT2D eigenvalue weighted by Crippen LogP contribution is 2.27. The third-order valence-corrected chi connectivity index (χ3v) is 6.62. The molecule has 2 N–H and O–H groups in total. The Bertz CT molecular complexity index is 1200. The maximum atomic E-state index is 12.9. The van der Waals surface area contributed by atoms with E-state index in [1.54, 1.807) is 31.4 Å². The highest BCUT2D eigenvalue weighted by atomic mass is 35.5. The number of carbonyl (C=O) groups excluding carboxylic acids is 2. The molecule has 0 unspecified atom stereocenters. The Kier molecular flexibility index (Phi) is 9.17. The highest BCUT2D eigenvalue weighted by molar-refractivity contribution is 7.99. The fraction of sp³-hybridized carbons (Fsp3) is 0.360. The van der Waals surface area contributed by atoms with E-state index in [1.807, 2.05) is 36.7 Å². The number of hydrogen-bond donors (Lipinski definition) is 2. The average Bonchev–Trinajstić information content (AvgIpc) is 3.17. The first kappa shape index (κ1) is 26.6. The van der Waals surface area contributed by atoms with Crippen LogP contribution in [0.5, 0.6) is 5.75 Å². The van der Waals surface area contributed by atoms with Crippen LogP contribution < -0.4 is 15.4 Å². The van der Waals surface area contributed by atoms with Crippen LogP contribution in [0.3, 0.4) is 0 Å². The van der Waals surface area contributed by atoms with E-state index in [0.29, 0.717) is 45.3 Å². The van der Waals surface area contributed by atoms with Crippen LogP contribution >= 0.6 is 23.4 Å². The van der Waals surface area contributed by atoms with Gasteiger partial charge in [-0.3, -0.25) is 9.59 Å². The molecule has 0 saturated carbocycles. The van der Waals surface area contributed by atoms with Gasteiger partial charge in [0.15, 0.2) is 11.0 Å². The van der Waals surface area contributed by atoms with E-state index in [2.05, 4.69) is 34.7 Å². The summed E-state index contributed by atoms with van der Waals surface area (Å²) in [7, 11) is 3.39. The van der Waals surface area contributed by atoms with Crippen LogP contribution in [0, 0.1) is 12.8 Å². The second-order valence-corrected chi connectivity index (χ2v) is 9.93. The summed E-state index contributed by atoms with van der Waals surface area (Å²) in [5, 5.41) is 15.5. The number of ether oxygens (including phenoxy) is 1. The monoisotopic (exact) mass is 515 g/mol. The van der Waals surface area contributed by atoms with E-state index < -0.39 is 0 Å². The van der Waals surface area contributed by atoms with E-state index in [4.69, 9.17) is 16.3 Å². The van der Waals surface area contributed by atoms with Gasteiger partial charge in [0.25, 0.3) is 5.91 Å². The number of thioether (sulfide) groups is 1. The predicted octanol–water partition coefficient (Wildman–Crippen LogP) is 5.03. The van der Waals surface area contributed by atoms with Crippen LogP contribution in [0.4, 0.5) is 5.69 Å². The number of aryl methyl sites for hydroxylation is 1. The number of amides is 2. The minimum Gasteiger partial charge on any atom is -0.495 e. The molecule has 0 bridgehead atoms. The Morgan fingerprint density at radius 1 is 1.17 bits per heavy atom. The molecule has 0 aliphatic rings. The average molecular weight is 516 g/mol. The van der Waals surface area contributed by atoms with Crippen LogP contribution in [0.15, 0.2) is 47.6 Å². The number of halogens is 1. The van der Waals surface area contributed by atoms with Crippen LogP contribution in [0.25, 0.3) is 0 Å². The van der Waals surface area contributed by atoms with Crippen molar-refractivity contribution in [2.24, 2.45) is 13.0 Å². The van der Waals surface area contributed by atoms with Gasteiger partial charge < -0.3 is 19.9 Å². The predicted molar refractivity (Wildman–Crippen MR) is 139 cm³/mol. The molecule has 0 aliphatic heterocycles. The molecule has 186 valence electrons. The molecule has 8 nitrogen and oxygen atoms in total. The fourth-order valence-electron chi connectivity index (χ4n) is 3.57. The van der Waals surface area contributed by atoms with Crippen LogP contribution in [0.1, 0.15) is 48.1 Å². The Morgan fingerprint density at radius 2 is 1.91 bits per heavy atom. The summed E-state index contributed by atoms with van der Waals surface area (Å²) < 4.78 is 7.14. The first-order valence-corrected chi connectivity index (χ1v) is 12.6. The number of nitrogens with one attached hydrogen (secondary N) is 2. The number of benzene rings is 2. The summed E-state index contributed by atoms with van der Waals surface area (Å²) in [5.41, 5.74) is 2.04. The highest BCUT2D eigenvalue weighted by Gasteiger charge is 2.24. The van der Waals surface area contributed by atoms with E-state index in [-0.39, 0.29) is 23.6 Å². The maximum Gasteiger partial charge on any atom is 0.253 e. The first-order valence-electron chi connectivity index (χ1n) is 11.2. The van der Waals surface area contributed by atoms with E-state index in [9.17, 15) is 9.59 Å². The third-order valence-electron chi connectivity index (χ3n) is 5.27. The van der Waals surface area contributed by atoms with Gasteiger partial charge in [-0.1, -0.05) is 55.4 Å². The van der Waals surface area contributed by atoms with Crippen LogP contribution in [0.2, 0.25) is 5.02 Å². The number of anilines is 1. The van der Waals surface area contributed by atoms with Gasteiger partial charge in [-0.25, -0.2) is 0 Å². The van der Waals surface area contributed by atoms with Gasteiger partial charge in [0.1, 0.15) is 5.75 Å². The zero-order valence-corrected chi connectivity index (χ0v) is 22.0. The summed E-state index contributed by atoms with van der Waals surface area (Å²) in [6, 6.07) is 12.2. The van der Waals surface area contributed by atoms with Gasteiger partial charge in [-0.05, 0) is 49.1 Å². The molecule has 1 heterocycles. The number of carbonyl (C=O) groups is 2. The number of nitrogens with zero attached hydrogens (tertiary/aromatic N) is 3. The Labute approximate surface area is 214 Å². The molecule has 1 atom stereocenters. The number of rotatable bonds is 10. The lowest BCUT2D eigenvalue weighted by Gasteiger charge is -2.20. The Morgan fingerprint density at radius 3 is 2.60 bits per heavy atom. The summed E-state index contributed by atoms with van der Waals surface area (Å²) in [5.74, 6) is 1.20. The SMILES string of the molecule is COc1ccc(C)cc1NC(=O)CSc1nnc([C@H](CC(C)C)NC(=O)c2ccccc2Cl)n1C. The minimum absolute atomic E-state index is 0.143. The van der Waals surface area contributed by atoms with E-state index >= 15 is 0 Å². The normalized spacial score (nSPS) is 11.9. The van der Waals surface area contributed by atoms with Gasteiger partial charge in [0.2, 0.25) is 5.91 Å². The van der Waals surface area contributed by atoms with Crippen molar-refractivity contribution in [3.63, 3.8) is 0 Å². The molecule has 0 aliphatic carbocycles. The van der Waals surface area contributed by atoms with Crippen molar-refractivity contribution in [3.8, 4) is 5.75 Å². The van der Waals surface area contributed by atoms with Gasteiger partial charge >= 0.3 is 0 Å². The second-order valence-electron chi connectivity index (χ2n) is 8.58. The zero-order valence-electron chi connectivity index (χ0n) is 20.5. The van der Waals surface area contributed by atoms with Gasteiger partial charge in [-0.15, -0.1) is 10.2 Å². The molecular weight excluding hydrogens is 486 g/mol. The molecule has 10 heteroatoms. The Hall–Kier alpha value is -3.04. The summed E-state index contributed by atoms with van der Waals surface area (Å²) in [4.78, 5) is 25.5. The van der Waals surface area contributed by atoms with Crippen LogP contribution in [-0.4, -0.2) is 39.4 Å². The zero-order chi connectivity index (χ0) is 25.5. The quantitative estimate of drug-likeness (QED) is 0.367. The summed E-state index contributed by atoms with van der Waals surface area (Å²) in [6.07, 6.45) is 0.667. The molecule has 2 amide bonds. The lowest BCUT2D eigenvalue weighted by atomic mass is 10.0.